The van der Waals surface area contributed by atoms with E-state index in [0.29, 0.717) is 44.8 Å². The number of urea groups is 1. The Morgan fingerprint density at radius 1 is 1.14 bits per heavy atom. The molecule has 1 aromatic carbocycles. The van der Waals surface area contributed by atoms with Crippen LogP contribution in [0.3, 0.4) is 0 Å². The molecule has 11 heteroatoms. The van der Waals surface area contributed by atoms with Gasteiger partial charge in [-0.1, -0.05) is 18.6 Å². The molecule has 4 rings (SSSR count). The van der Waals surface area contributed by atoms with E-state index in [2.05, 4.69) is 0 Å². The van der Waals surface area contributed by atoms with Gasteiger partial charge in [0.25, 0.3) is 0 Å². The number of piperidine rings is 1. The number of likely N-dealkylation sites (N-methyl/N-ethyl adjacent to an activating group) is 1. The number of ether oxygens (including phenoxy) is 1. The zero-order chi connectivity index (χ0) is 25.8. The summed E-state index contributed by atoms with van der Waals surface area (Å²) in [4.78, 5) is 45.8. The van der Waals surface area contributed by atoms with Crippen LogP contribution in [0.25, 0.3) is 0 Å². The summed E-state index contributed by atoms with van der Waals surface area (Å²) in [6.45, 7) is 4.41. The molecule has 0 bridgehead atoms. The number of nitrogens with zero attached hydrogens (tertiary/aromatic N) is 4. The maximum atomic E-state index is 13.5. The van der Waals surface area contributed by atoms with Crippen LogP contribution in [0.5, 0.6) is 0 Å². The molecule has 0 spiro atoms. The SMILES string of the molecule is CCN1C(=O)N(Cc2ccc(F)cc2)C(N)=C(C(=O)CN2CCCC[C@@H]2C(=O)N2CCOCC2)C1O. The molecule has 36 heavy (non-hydrogen) atoms. The molecule has 2 atom stereocenters. The lowest BCUT2D eigenvalue weighted by Crippen LogP contribution is -2.58. The van der Waals surface area contributed by atoms with Gasteiger partial charge in [0.05, 0.1) is 37.9 Å². The third-order valence-corrected chi connectivity index (χ3v) is 7.06. The highest BCUT2D eigenvalue weighted by molar-refractivity contribution is 6.01. The van der Waals surface area contributed by atoms with E-state index in [1.54, 1.807) is 11.8 Å². The molecule has 196 valence electrons. The van der Waals surface area contributed by atoms with Gasteiger partial charge in [-0.05, 0) is 44.0 Å². The Labute approximate surface area is 210 Å². The molecule has 3 aliphatic rings. The van der Waals surface area contributed by atoms with Gasteiger partial charge in [0.15, 0.2) is 12.0 Å². The quantitative estimate of drug-likeness (QED) is 0.566. The number of hydrogen-bond acceptors (Lipinski definition) is 7. The number of carbonyl (C=O) groups is 3. The molecule has 0 saturated carbocycles. The minimum absolute atomic E-state index is 0.0137. The molecule has 1 aromatic rings. The van der Waals surface area contributed by atoms with Gasteiger partial charge in [-0.25, -0.2) is 9.18 Å². The third-order valence-electron chi connectivity index (χ3n) is 7.06. The summed E-state index contributed by atoms with van der Waals surface area (Å²) < 4.78 is 18.7. The summed E-state index contributed by atoms with van der Waals surface area (Å²) >= 11 is 0. The first-order valence-electron chi connectivity index (χ1n) is 12.5. The monoisotopic (exact) mass is 503 g/mol. The van der Waals surface area contributed by atoms with Crippen LogP contribution in [0.1, 0.15) is 31.7 Å². The fourth-order valence-corrected chi connectivity index (χ4v) is 5.04. The van der Waals surface area contributed by atoms with Gasteiger partial charge in [-0.3, -0.25) is 24.3 Å². The van der Waals surface area contributed by atoms with E-state index in [4.69, 9.17) is 10.5 Å². The van der Waals surface area contributed by atoms with E-state index >= 15 is 0 Å². The van der Waals surface area contributed by atoms with E-state index in [1.807, 2.05) is 4.90 Å². The van der Waals surface area contributed by atoms with E-state index in [9.17, 15) is 23.9 Å². The lowest BCUT2D eigenvalue weighted by molar-refractivity contribution is -0.143. The molecule has 0 aliphatic carbocycles. The Bertz CT molecular complexity index is 1010. The van der Waals surface area contributed by atoms with Crippen molar-refractivity contribution in [1.82, 2.24) is 19.6 Å². The van der Waals surface area contributed by atoms with Crippen LogP contribution in [0.4, 0.5) is 9.18 Å². The number of benzene rings is 1. The van der Waals surface area contributed by atoms with Crippen molar-refractivity contribution in [3.05, 3.63) is 47.0 Å². The number of carbonyl (C=O) groups excluding carboxylic acids is 3. The molecule has 0 aromatic heterocycles. The molecule has 3 amide bonds. The van der Waals surface area contributed by atoms with Crippen LogP contribution in [-0.4, -0.2) is 101 Å². The van der Waals surface area contributed by atoms with Crippen LogP contribution >= 0.6 is 0 Å². The summed E-state index contributed by atoms with van der Waals surface area (Å²) in [6, 6.07) is 4.67. The van der Waals surface area contributed by atoms with Crippen molar-refractivity contribution in [3.63, 3.8) is 0 Å². The van der Waals surface area contributed by atoms with Crippen LogP contribution in [-0.2, 0) is 20.9 Å². The first kappa shape index (κ1) is 26.1. The number of morpholine rings is 1. The molecule has 2 saturated heterocycles. The summed E-state index contributed by atoms with van der Waals surface area (Å²) in [5, 5.41) is 10.9. The number of rotatable bonds is 7. The van der Waals surface area contributed by atoms with Crippen LogP contribution in [0.2, 0.25) is 0 Å². The Balaban J connectivity index is 1.56. The zero-order valence-corrected chi connectivity index (χ0v) is 20.6. The molecule has 10 nitrogen and oxygen atoms in total. The highest BCUT2D eigenvalue weighted by Crippen LogP contribution is 2.27. The Morgan fingerprint density at radius 3 is 2.50 bits per heavy atom. The fourth-order valence-electron chi connectivity index (χ4n) is 5.04. The van der Waals surface area contributed by atoms with Crippen molar-refractivity contribution >= 4 is 17.7 Å². The number of nitrogens with two attached hydrogens (primary N) is 1. The molecule has 2 fully saturated rings. The maximum absolute atomic E-state index is 13.5. The van der Waals surface area contributed by atoms with Gasteiger partial charge in [-0.15, -0.1) is 0 Å². The second kappa shape index (κ2) is 11.4. The number of aliphatic hydroxyl groups excluding tert-OH is 1. The standard InChI is InChI=1S/C25H34FN5O5/c1-2-30-24(34)21(22(27)31(25(30)35)15-17-6-8-18(26)9-7-17)20(32)16-29-10-4-3-5-19(29)23(33)28-11-13-36-14-12-28/h6-9,19,24,34H,2-5,10-16,27H2,1H3/t19-,24?/m1/s1. The minimum Gasteiger partial charge on any atom is -0.384 e. The first-order chi connectivity index (χ1) is 17.3. The van der Waals surface area contributed by atoms with Crippen molar-refractivity contribution in [3.8, 4) is 0 Å². The van der Waals surface area contributed by atoms with Gasteiger partial charge < -0.3 is 20.5 Å². The number of amides is 3. The lowest BCUT2D eigenvalue weighted by Gasteiger charge is -2.41. The second-order valence-corrected chi connectivity index (χ2v) is 9.30. The maximum Gasteiger partial charge on any atom is 0.328 e. The van der Waals surface area contributed by atoms with Crippen molar-refractivity contribution in [2.45, 2.75) is 45.0 Å². The van der Waals surface area contributed by atoms with E-state index in [1.165, 1.54) is 34.1 Å². The lowest BCUT2D eigenvalue weighted by atomic mass is 9.98. The van der Waals surface area contributed by atoms with Gasteiger partial charge in [0.2, 0.25) is 5.91 Å². The summed E-state index contributed by atoms with van der Waals surface area (Å²) in [6.07, 6.45) is 0.907. The Kier molecular flexibility index (Phi) is 8.22. The van der Waals surface area contributed by atoms with Crippen molar-refractivity contribution in [2.24, 2.45) is 5.73 Å². The Morgan fingerprint density at radius 2 is 1.83 bits per heavy atom. The second-order valence-electron chi connectivity index (χ2n) is 9.30. The van der Waals surface area contributed by atoms with Gasteiger partial charge in [0.1, 0.15) is 11.6 Å². The van der Waals surface area contributed by atoms with Crippen LogP contribution < -0.4 is 5.73 Å². The summed E-state index contributed by atoms with van der Waals surface area (Å²) in [7, 11) is 0. The number of aliphatic hydroxyl groups is 1. The van der Waals surface area contributed by atoms with Gasteiger partial charge in [0, 0.05) is 19.6 Å². The molecule has 0 radical (unpaired) electrons. The zero-order valence-electron chi connectivity index (χ0n) is 20.6. The van der Waals surface area contributed by atoms with E-state index in [0.717, 1.165) is 12.8 Å². The predicted octanol–water partition coefficient (Wildman–Crippen LogP) is 0.854. The van der Waals surface area contributed by atoms with Crippen LogP contribution in [0.15, 0.2) is 35.7 Å². The molecular formula is C25H34FN5O5. The van der Waals surface area contributed by atoms with E-state index in [-0.39, 0.29) is 36.9 Å². The van der Waals surface area contributed by atoms with Crippen LogP contribution in [0, 0.1) is 5.82 Å². The summed E-state index contributed by atoms with van der Waals surface area (Å²) in [5.74, 6) is -0.979. The third kappa shape index (κ3) is 5.37. The summed E-state index contributed by atoms with van der Waals surface area (Å²) in [5.41, 5.74) is 6.87. The fraction of sp³-hybridized carbons (Fsp3) is 0.560. The highest BCUT2D eigenvalue weighted by atomic mass is 19.1. The van der Waals surface area contributed by atoms with Crippen molar-refractivity contribution in [1.29, 1.82) is 0 Å². The largest absolute Gasteiger partial charge is 0.384 e. The molecular weight excluding hydrogens is 469 g/mol. The average molecular weight is 504 g/mol. The number of hydrogen-bond donors (Lipinski definition) is 2. The van der Waals surface area contributed by atoms with Gasteiger partial charge in [-0.2, -0.15) is 0 Å². The minimum atomic E-state index is -1.49. The number of Topliss-reactive ketones (excluding diaryl/α,β-unsaturated/α-hetero) is 1. The Hall–Kier alpha value is -3.02. The number of ketones is 1. The average Bonchev–Trinajstić information content (AvgIpc) is 2.88. The topological polar surface area (TPSA) is 120 Å². The van der Waals surface area contributed by atoms with Gasteiger partial charge >= 0.3 is 6.03 Å². The number of likely N-dealkylation sites (tertiary alicyclic amines) is 1. The first-order valence-corrected chi connectivity index (χ1v) is 12.5. The van der Waals surface area contributed by atoms with Crippen molar-refractivity contribution < 1.29 is 28.6 Å². The van der Waals surface area contributed by atoms with E-state index < -0.39 is 29.9 Å². The molecule has 1 unspecified atom stereocenters. The molecule has 3 aliphatic heterocycles. The van der Waals surface area contributed by atoms with Crippen molar-refractivity contribution in [2.75, 3.05) is 45.9 Å². The number of halogens is 1. The predicted molar refractivity (Wildman–Crippen MR) is 129 cm³/mol. The molecule has 3 N–H and O–H groups in total. The normalized spacial score (nSPS) is 23.9. The molecule has 3 heterocycles. The highest BCUT2D eigenvalue weighted by Gasteiger charge is 2.41. The smallest absolute Gasteiger partial charge is 0.328 e.